The van der Waals surface area contributed by atoms with Crippen LogP contribution in [0.3, 0.4) is 0 Å². The molecule has 2 aromatic rings. The van der Waals surface area contributed by atoms with Gasteiger partial charge in [-0.3, -0.25) is 4.98 Å². The molecule has 1 aromatic carbocycles. The number of aryl methyl sites for hydroxylation is 3. The zero-order chi connectivity index (χ0) is 13.9. The minimum atomic E-state index is 0.311. The highest BCUT2D eigenvalue weighted by atomic mass is 14.9. The molecule has 1 unspecified atom stereocenters. The lowest BCUT2D eigenvalue weighted by Crippen LogP contribution is -2.09. The minimum Gasteiger partial charge on any atom is -0.377 e. The highest BCUT2D eigenvalue weighted by molar-refractivity contribution is 5.46. The molecule has 0 fully saturated rings. The Morgan fingerprint density at radius 3 is 2.65 bits per heavy atom. The number of fused-ring (bicyclic) bond motifs is 1. The highest BCUT2D eigenvalue weighted by Gasteiger charge is 2.12. The number of nitrogens with one attached hydrogen (secondary N) is 1. The van der Waals surface area contributed by atoms with Crippen LogP contribution in [-0.4, -0.2) is 4.98 Å². The van der Waals surface area contributed by atoms with Crippen LogP contribution < -0.4 is 5.32 Å². The molecule has 2 nitrogen and oxygen atoms in total. The monoisotopic (exact) mass is 266 g/mol. The van der Waals surface area contributed by atoms with Crippen LogP contribution in [0.5, 0.6) is 0 Å². The quantitative estimate of drug-likeness (QED) is 0.888. The Hall–Kier alpha value is -1.83. The highest BCUT2D eigenvalue weighted by Crippen LogP contribution is 2.26. The molecule has 20 heavy (non-hydrogen) atoms. The van der Waals surface area contributed by atoms with Crippen LogP contribution in [0.2, 0.25) is 0 Å². The lowest BCUT2D eigenvalue weighted by molar-refractivity contribution is 0.683. The summed E-state index contributed by atoms with van der Waals surface area (Å²) in [4.78, 5) is 4.24. The standard InChI is InChI=1S/C18H22N2/c1-13-9-18(12-19-11-13)20-14(2)16-8-7-15-5-3-4-6-17(15)10-16/h7-12,14,20H,3-6H2,1-2H3. The fraction of sp³-hybridized carbons (Fsp3) is 0.389. The van der Waals surface area contributed by atoms with Crippen molar-refractivity contribution in [3.63, 3.8) is 0 Å². The predicted octanol–water partition coefficient (Wildman–Crippen LogP) is 4.44. The van der Waals surface area contributed by atoms with E-state index in [9.17, 15) is 0 Å². The molecule has 0 amide bonds. The number of nitrogens with zero attached hydrogens (tertiary/aromatic N) is 1. The normalized spacial score (nSPS) is 15.5. The zero-order valence-electron chi connectivity index (χ0n) is 12.3. The number of rotatable bonds is 3. The second kappa shape index (κ2) is 5.66. The van der Waals surface area contributed by atoms with Crippen molar-refractivity contribution >= 4 is 5.69 Å². The molecule has 1 heterocycles. The van der Waals surface area contributed by atoms with Gasteiger partial charge in [0.05, 0.1) is 5.69 Å². The second-order valence-corrected chi connectivity index (χ2v) is 5.85. The van der Waals surface area contributed by atoms with Crippen molar-refractivity contribution in [3.8, 4) is 0 Å². The number of aromatic nitrogens is 1. The molecule has 104 valence electrons. The van der Waals surface area contributed by atoms with Crippen LogP contribution in [0.25, 0.3) is 0 Å². The van der Waals surface area contributed by atoms with Crippen molar-refractivity contribution in [3.05, 3.63) is 58.9 Å². The van der Waals surface area contributed by atoms with Gasteiger partial charge in [0.1, 0.15) is 0 Å². The first-order valence-electron chi connectivity index (χ1n) is 7.52. The van der Waals surface area contributed by atoms with Gasteiger partial charge in [-0.05, 0) is 67.9 Å². The van der Waals surface area contributed by atoms with E-state index < -0.39 is 0 Å². The van der Waals surface area contributed by atoms with Crippen LogP contribution in [-0.2, 0) is 12.8 Å². The van der Waals surface area contributed by atoms with E-state index in [1.807, 2.05) is 12.4 Å². The van der Waals surface area contributed by atoms with Crippen molar-refractivity contribution in [1.29, 1.82) is 0 Å². The maximum Gasteiger partial charge on any atom is 0.0534 e. The van der Waals surface area contributed by atoms with Gasteiger partial charge in [-0.25, -0.2) is 0 Å². The number of benzene rings is 1. The van der Waals surface area contributed by atoms with Crippen LogP contribution in [0.4, 0.5) is 5.69 Å². The van der Waals surface area contributed by atoms with E-state index in [0.29, 0.717) is 6.04 Å². The number of anilines is 1. The lowest BCUT2D eigenvalue weighted by atomic mass is 9.89. The van der Waals surface area contributed by atoms with Gasteiger partial charge in [0.15, 0.2) is 0 Å². The summed E-state index contributed by atoms with van der Waals surface area (Å²) in [5.41, 5.74) is 6.74. The molecule has 0 radical (unpaired) electrons. The number of hydrogen-bond donors (Lipinski definition) is 1. The smallest absolute Gasteiger partial charge is 0.0534 e. The average molecular weight is 266 g/mol. The molecule has 1 aliphatic rings. The Bertz CT molecular complexity index is 604. The van der Waals surface area contributed by atoms with Crippen LogP contribution in [0, 0.1) is 6.92 Å². The van der Waals surface area contributed by atoms with Crippen molar-refractivity contribution < 1.29 is 0 Å². The summed E-state index contributed by atoms with van der Waals surface area (Å²) in [5, 5.41) is 3.54. The van der Waals surface area contributed by atoms with Crippen LogP contribution in [0.1, 0.15) is 48.1 Å². The minimum absolute atomic E-state index is 0.311. The summed E-state index contributed by atoms with van der Waals surface area (Å²) in [6.45, 7) is 4.29. The van der Waals surface area contributed by atoms with Gasteiger partial charge in [-0.1, -0.05) is 18.2 Å². The first-order valence-corrected chi connectivity index (χ1v) is 7.52. The number of pyridine rings is 1. The van der Waals surface area contributed by atoms with Gasteiger partial charge < -0.3 is 5.32 Å². The topological polar surface area (TPSA) is 24.9 Å². The van der Waals surface area contributed by atoms with E-state index in [0.717, 1.165) is 5.69 Å². The van der Waals surface area contributed by atoms with Gasteiger partial charge in [-0.15, -0.1) is 0 Å². The largest absolute Gasteiger partial charge is 0.377 e. The first kappa shape index (κ1) is 13.2. The van der Waals surface area contributed by atoms with E-state index >= 15 is 0 Å². The molecular weight excluding hydrogens is 244 g/mol. The summed E-state index contributed by atoms with van der Waals surface area (Å²) < 4.78 is 0. The van der Waals surface area contributed by atoms with E-state index in [4.69, 9.17) is 0 Å². The van der Waals surface area contributed by atoms with Crippen molar-refractivity contribution in [2.75, 3.05) is 5.32 Å². The molecule has 1 N–H and O–H groups in total. The Kier molecular flexibility index (Phi) is 3.72. The van der Waals surface area contributed by atoms with Gasteiger partial charge in [0.2, 0.25) is 0 Å². The Balaban J connectivity index is 1.78. The van der Waals surface area contributed by atoms with Crippen LogP contribution in [0.15, 0.2) is 36.7 Å². The average Bonchev–Trinajstić information content (AvgIpc) is 2.47. The zero-order valence-corrected chi connectivity index (χ0v) is 12.3. The van der Waals surface area contributed by atoms with Crippen molar-refractivity contribution in [1.82, 2.24) is 4.98 Å². The molecule has 0 aliphatic heterocycles. The Morgan fingerprint density at radius 1 is 1.05 bits per heavy atom. The van der Waals surface area contributed by atoms with Gasteiger partial charge in [0.25, 0.3) is 0 Å². The maximum atomic E-state index is 4.24. The third-order valence-corrected chi connectivity index (χ3v) is 4.13. The fourth-order valence-electron chi connectivity index (χ4n) is 2.99. The third kappa shape index (κ3) is 2.84. The lowest BCUT2D eigenvalue weighted by Gasteiger charge is -2.20. The molecule has 0 bridgehead atoms. The van der Waals surface area contributed by atoms with Crippen molar-refractivity contribution in [2.24, 2.45) is 0 Å². The molecule has 0 saturated heterocycles. The second-order valence-electron chi connectivity index (χ2n) is 5.85. The van der Waals surface area contributed by atoms with E-state index in [1.165, 1.54) is 36.8 Å². The summed E-state index contributed by atoms with van der Waals surface area (Å²) in [6.07, 6.45) is 8.94. The summed E-state index contributed by atoms with van der Waals surface area (Å²) in [5.74, 6) is 0. The fourth-order valence-corrected chi connectivity index (χ4v) is 2.99. The predicted molar refractivity (Wildman–Crippen MR) is 84.1 cm³/mol. The molecule has 1 aromatic heterocycles. The van der Waals surface area contributed by atoms with Gasteiger partial charge >= 0.3 is 0 Å². The van der Waals surface area contributed by atoms with E-state index in [-0.39, 0.29) is 0 Å². The molecular formula is C18H22N2. The van der Waals surface area contributed by atoms with E-state index in [2.05, 4.69) is 48.4 Å². The number of hydrogen-bond acceptors (Lipinski definition) is 2. The molecule has 3 rings (SSSR count). The van der Waals surface area contributed by atoms with E-state index in [1.54, 1.807) is 11.1 Å². The molecule has 1 aliphatic carbocycles. The SMILES string of the molecule is Cc1cncc(NC(C)c2ccc3c(c2)CCCC3)c1. The summed E-state index contributed by atoms with van der Waals surface area (Å²) in [6, 6.07) is 9.42. The van der Waals surface area contributed by atoms with Crippen LogP contribution >= 0.6 is 0 Å². The van der Waals surface area contributed by atoms with Crippen molar-refractivity contribution in [2.45, 2.75) is 45.6 Å². The molecule has 1 atom stereocenters. The maximum absolute atomic E-state index is 4.24. The third-order valence-electron chi connectivity index (χ3n) is 4.13. The van der Waals surface area contributed by atoms with Gasteiger partial charge in [0, 0.05) is 18.4 Å². The summed E-state index contributed by atoms with van der Waals surface area (Å²) >= 11 is 0. The molecule has 0 saturated carbocycles. The molecule has 2 heteroatoms. The van der Waals surface area contributed by atoms with Gasteiger partial charge in [-0.2, -0.15) is 0 Å². The summed E-state index contributed by atoms with van der Waals surface area (Å²) in [7, 11) is 0. The Labute approximate surface area is 121 Å². The Morgan fingerprint density at radius 2 is 1.85 bits per heavy atom. The molecule has 0 spiro atoms. The first-order chi connectivity index (χ1) is 9.72.